The standard InChI is InChI=1S/C15H21NO3/c1-12(17)7-6-10-14(16-2)15(18)19-11-13-8-4-3-5-9-13/h3-5,8-9,12,14,17H,2,6-7,10-11H2,1H3. The van der Waals surface area contributed by atoms with Gasteiger partial charge in [0.1, 0.15) is 12.6 Å². The largest absolute Gasteiger partial charge is 0.459 e. The summed E-state index contributed by atoms with van der Waals surface area (Å²) in [5, 5.41) is 9.17. The Kier molecular flexibility index (Phi) is 6.82. The van der Waals surface area contributed by atoms with Crippen LogP contribution in [0.25, 0.3) is 0 Å². The Morgan fingerprint density at radius 1 is 1.37 bits per heavy atom. The van der Waals surface area contributed by atoms with Crippen LogP contribution in [0.2, 0.25) is 0 Å². The Bertz CT molecular complexity index is 390. The number of carbonyl (C=O) groups is 1. The summed E-state index contributed by atoms with van der Waals surface area (Å²) in [5.41, 5.74) is 0.947. The molecule has 0 spiro atoms. The van der Waals surface area contributed by atoms with Crippen LogP contribution in [0.5, 0.6) is 0 Å². The molecule has 2 atom stereocenters. The molecule has 4 nitrogen and oxygen atoms in total. The quantitative estimate of drug-likeness (QED) is 0.578. The molecule has 0 aliphatic heterocycles. The van der Waals surface area contributed by atoms with Crippen LogP contribution in [0.4, 0.5) is 0 Å². The van der Waals surface area contributed by atoms with Gasteiger partial charge in [0.25, 0.3) is 0 Å². The first-order valence-electron chi connectivity index (χ1n) is 6.48. The summed E-state index contributed by atoms with van der Waals surface area (Å²) in [6.07, 6.45) is 1.58. The van der Waals surface area contributed by atoms with Crippen molar-refractivity contribution in [3.8, 4) is 0 Å². The fourth-order valence-electron chi connectivity index (χ4n) is 1.72. The summed E-state index contributed by atoms with van der Waals surface area (Å²) in [5.74, 6) is -0.357. The minimum Gasteiger partial charge on any atom is -0.459 e. The van der Waals surface area contributed by atoms with Gasteiger partial charge in [-0.2, -0.15) is 0 Å². The van der Waals surface area contributed by atoms with Crippen LogP contribution < -0.4 is 0 Å². The van der Waals surface area contributed by atoms with Gasteiger partial charge in [-0.3, -0.25) is 4.99 Å². The van der Waals surface area contributed by atoms with Crippen LogP contribution in [0, 0.1) is 0 Å². The highest BCUT2D eigenvalue weighted by Gasteiger charge is 2.17. The van der Waals surface area contributed by atoms with E-state index in [-0.39, 0.29) is 18.7 Å². The molecule has 19 heavy (non-hydrogen) atoms. The summed E-state index contributed by atoms with van der Waals surface area (Å²) < 4.78 is 5.20. The van der Waals surface area contributed by atoms with E-state index in [1.807, 2.05) is 30.3 Å². The molecule has 1 aromatic carbocycles. The Morgan fingerprint density at radius 3 is 2.63 bits per heavy atom. The maximum absolute atomic E-state index is 11.8. The molecule has 104 valence electrons. The number of aliphatic imine (C=N–C) groups is 1. The Labute approximate surface area is 114 Å². The summed E-state index contributed by atoms with van der Waals surface area (Å²) in [7, 11) is 0. The number of hydrogen-bond donors (Lipinski definition) is 1. The van der Waals surface area contributed by atoms with Gasteiger partial charge in [0.15, 0.2) is 0 Å². The van der Waals surface area contributed by atoms with Crippen molar-refractivity contribution >= 4 is 12.7 Å². The summed E-state index contributed by atoms with van der Waals surface area (Å²) in [6.45, 7) is 5.40. The molecule has 0 saturated carbocycles. The first-order valence-corrected chi connectivity index (χ1v) is 6.48. The van der Waals surface area contributed by atoms with E-state index in [0.717, 1.165) is 12.0 Å². The number of aliphatic hydroxyl groups excluding tert-OH is 1. The van der Waals surface area contributed by atoms with E-state index in [2.05, 4.69) is 11.7 Å². The van der Waals surface area contributed by atoms with E-state index in [1.165, 1.54) is 0 Å². The van der Waals surface area contributed by atoms with Gasteiger partial charge >= 0.3 is 5.97 Å². The minimum atomic E-state index is -0.539. The predicted molar refractivity (Wildman–Crippen MR) is 75.1 cm³/mol. The first-order chi connectivity index (χ1) is 9.13. The summed E-state index contributed by atoms with van der Waals surface area (Å²) in [6, 6.07) is 8.97. The average molecular weight is 263 g/mol. The number of esters is 1. The van der Waals surface area contributed by atoms with Gasteiger partial charge in [-0.05, 0) is 38.5 Å². The van der Waals surface area contributed by atoms with Crippen molar-refractivity contribution in [1.82, 2.24) is 0 Å². The second-order valence-electron chi connectivity index (χ2n) is 4.57. The van der Waals surface area contributed by atoms with Crippen molar-refractivity contribution in [2.75, 3.05) is 0 Å². The highest BCUT2D eigenvalue weighted by molar-refractivity contribution is 5.76. The number of ether oxygens (including phenoxy) is 1. The maximum Gasteiger partial charge on any atom is 0.331 e. The fraction of sp³-hybridized carbons (Fsp3) is 0.467. The smallest absolute Gasteiger partial charge is 0.331 e. The Hall–Kier alpha value is -1.68. The molecule has 4 heteroatoms. The molecule has 1 N–H and O–H groups in total. The molecule has 1 rings (SSSR count). The van der Waals surface area contributed by atoms with Crippen molar-refractivity contribution in [3.63, 3.8) is 0 Å². The lowest BCUT2D eigenvalue weighted by molar-refractivity contribution is -0.146. The number of rotatable bonds is 8. The van der Waals surface area contributed by atoms with Crippen molar-refractivity contribution in [3.05, 3.63) is 35.9 Å². The van der Waals surface area contributed by atoms with Gasteiger partial charge in [0.2, 0.25) is 0 Å². The van der Waals surface area contributed by atoms with E-state index in [1.54, 1.807) is 6.92 Å². The zero-order valence-corrected chi connectivity index (χ0v) is 11.3. The van der Waals surface area contributed by atoms with Gasteiger partial charge in [-0.25, -0.2) is 4.79 Å². The maximum atomic E-state index is 11.8. The molecule has 0 aliphatic carbocycles. The molecule has 0 fully saturated rings. The van der Waals surface area contributed by atoms with Crippen molar-refractivity contribution in [2.45, 2.75) is 44.9 Å². The summed E-state index contributed by atoms with van der Waals surface area (Å²) in [4.78, 5) is 15.6. The zero-order valence-electron chi connectivity index (χ0n) is 11.3. The Balaban J connectivity index is 2.35. The molecule has 0 aliphatic rings. The van der Waals surface area contributed by atoms with Gasteiger partial charge in [0.05, 0.1) is 6.10 Å². The lowest BCUT2D eigenvalue weighted by Crippen LogP contribution is -2.21. The Morgan fingerprint density at radius 2 is 2.05 bits per heavy atom. The second-order valence-corrected chi connectivity index (χ2v) is 4.57. The van der Waals surface area contributed by atoms with Crippen LogP contribution in [-0.2, 0) is 16.1 Å². The molecule has 0 radical (unpaired) electrons. The number of carbonyl (C=O) groups excluding carboxylic acids is 1. The van der Waals surface area contributed by atoms with Gasteiger partial charge in [-0.15, -0.1) is 0 Å². The third-order valence-electron chi connectivity index (χ3n) is 2.82. The SMILES string of the molecule is C=NC(CCCC(C)O)C(=O)OCc1ccccc1. The molecule has 0 saturated heterocycles. The van der Waals surface area contributed by atoms with Gasteiger partial charge < -0.3 is 9.84 Å². The third kappa shape index (κ3) is 6.15. The number of benzene rings is 1. The monoisotopic (exact) mass is 263 g/mol. The second kappa shape index (κ2) is 8.43. The van der Waals surface area contributed by atoms with Crippen LogP contribution in [-0.4, -0.2) is 29.9 Å². The van der Waals surface area contributed by atoms with Gasteiger partial charge in [-0.1, -0.05) is 30.3 Å². The lowest BCUT2D eigenvalue weighted by Gasteiger charge is -2.12. The van der Waals surface area contributed by atoms with Crippen LogP contribution in [0.15, 0.2) is 35.3 Å². The molecule has 0 heterocycles. The topological polar surface area (TPSA) is 58.9 Å². The molecular formula is C15H21NO3. The molecule has 0 amide bonds. The fourth-order valence-corrected chi connectivity index (χ4v) is 1.72. The van der Waals surface area contributed by atoms with Crippen LogP contribution in [0.1, 0.15) is 31.7 Å². The molecular weight excluding hydrogens is 242 g/mol. The van der Waals surface area contributed by atoms with E-state index >= 15 is 0 Å². The highest BCUT2D eigenvalue weighted by atomic mass is 16.5. The van der Waals surface area contributed by atoms with E-state index in [9.17, 15) is 4.79 Å². The number of hydrogen-bond acceptors (Lipinski definition) is 4. The van der Waals surface area contributed by atoms with E-state index in [0.29, 0.717) is 12.8 Å². The lowest BCUT2D eigenvalue weighted by atomic mass is 10.1. The summed E-state index contributed by atoms with van der Waals surface area (Å²) >= 11 is 0. The van der Waals surface area contributed by atoms with Gasteiger partial charge in [0, 0.05) is 0 Å². The van der Waals surface area contributed by atoms with E-state index < -0.39 is 6.04 Å². The molecule has 1 aromatic rings. The molecule has 2 unspecified atom stereocenters. The predicted octanol–water partition coefficient (Wildman–Crippen LogP) is 2.35. The van der Waals surface area contributed by atoms with Crippen molar-refractivity contribution < 1.29 is 14.6 Å². The zero-order chi connectivity index (χ0) is 14.1. The normalized spacial score (nSPS) is 13.6. The highest BCUT2D eigenvalue weighted by Crippen LogP contribution is 2.10. The molecule has 0 aromatic heterocycles. The average Bonchev–Trinajstić information content (AvgIpc) is 2.42. The first kappa shape index (κ1) is 15.4. The molecule has 0 bridgehead atoms. The van der Waals surface area contributed by atoms with Crippen molar-refractivity contribution in [2.24, 2.45) is 4.99 Å². The van der Waals surface area contributed by atoms with E-state index in [4.69, 9.17) is 9.84 Å². The van der Waals surface area contributed by atoms with Crippen molar-refractivity contribution in [1.29, 1.82) is 0 Å². The van der Waals surface area contributed by atoms with Crippen LogP contribution in [0.3, 0.4) is 0 Å². The number of nitrogens with zero attached hydrogens (tertiary/aromatic N) is 1. The minimum absolute atomic E-state index is 0.252. The third-order valence-corrected chi connectivity index (χ3v) is 2.82. The van der Waals surface area contributed by atoms with Crippen LogP contribution >= 0.6 is 0 Å². The number of aliphatic hydroxyl groups is 1.